The molecule has 0 heterocycles. The fraction of sp³-hybridized carbons (Fsp3) is 0.286. The maximum Gasteiger partial charge on any atom is 0.312 e. The van der Waals surface area contributed by atoms with Crippen LogP contribution in [0.3, 0.4) is 0 Å². The predicted molar refractivity (Wildman–Crippen MR) is 107 cm³/mol. The van der Waals surface area contributed by atoms with Gasteiger partial charge in [-0.05, 0) is 23.1 Å². The van der Waals surface area contributed by atoms with Crippen LogP contribution in [-0.2, 0) is 9.53 Å². The third-order valence-electron chi connectivity index (χ3n) is 4.23. The number of amides is 2. The monoisotopic (exact) mass is 402 g/mol. The van der Waals surface area contributed by atoms with Gasteiger partial charge in [0, 0.05) is 10.6 Å². The van der Waals surface area contributed by atoms with Crippen LogP contribution in [0.15, 0.2) is 48.5 Å². The quantitative estimate of drug-likeness (QED) is 0.515. The lowest BCUT2D eigenvalue weighted by atomic mass is 10.0. The van der Waals surface area contributed by atoms with E-state index in [1.54, 1.807) is 36.4 Å². The highest BCUT2D eigenvalue weighted by atomic mass is 35.5. The molecule has 2 amide bonds. The first-order valence-corrected chi connectivity index (χ1v) is 9.25. The Morgan fingerprint density at radius 2 is 1.71 bits per heavy atom. The van der Waals surface area contributed by atoms with Gasteiger partial charge in [-0.2, -0.15) is 0 Å². The van der Waals surface area contributed by atoms with E-state index in [0.29, 0.717) is 22.1 Å². The molecule has 0 aliphatic rings. The standard InChI is InChI=1S/C21H23ClN2O4/c1-13(2)14-7-9-15(10-8-14)19(25)12-28-20(26)11-18(24-21(23)27)16-5-3-4-6-17(16)22/h3-10,13,18H,11-12H2,1-2H3,(H3,23,24,27). The fourth-order valence-corrected chi connectivity index (χ4v) is 2.94. The molecule has 0 aliphatic heterocycles. The molecule has 1 atom stereocenters. The molecular weight excluding hydrogens is 380 g/mol. The van der Waals surface area contributed by atoms with Crippen LogP contribution in [0.1, 0.15) is 53.7 Å². The number of urea groups is 1. The summed E-state index contributed by atoms with van der Waals surface area (Å²) < 4.78 is 5.09. The van der Waals surface area contributed by atoms with E-state index in [4.69, 9.17) is 22.1 Å². The second-order valence-electron chi connectivity index (χ2n) is 6.65. The van der Waals surface area contributed by atoms with E-state index in [9.17, 15) is 14.4 Å². The minimum atomic E-state index is -0.793. The number of nitrogens with one attached hydrogen (secondary N) is 1. The number of ether oxygens (including phenoxy) is 1. The van der Waals surface area contributed by atoms with Crippen molar-refractivity contribution in [3.63, 3.8) is 0 Å². The largest absolute Gasteiger partial charge is 0.457 e. The molecule has 7 heteroatoms. The second-order valence-corrected chi connectivity index (χ2v) is 7.05. The zero-order valence-corrected chi connectivity index (χ0v) is 16.5. The van der Waals surface area contributed by atoms with E-state index >= 15 is 0 Å². The molecule has 0 aromatic heterocycles. The van der Waals surface area contributed by atoms with Crippen LogP contribution in [0.4, 0.5) is 4.79 Å². The van der Waals surface area contributed by atoms with Gasteiger partial charge in [0.1, 0.15) is 0 Å². The molecule has 0 radical (unpaired) electrons. The summed E-state index contributed by atoms with van der Waals surface area (Å²) in [4.78, 5) is 35.7. The van der Waals surface area contributed by atoms with Crippen LogP contribution in [-0.4, -0.2) is 24.4 Å². The van der Waals surface area contributed by atoms with Gasteiger partial charge >= 0.3 is 12.0 Å². The molecule has 6 nitrogen and oxygen atoms in total. The summed E-state index contributed by atoms with van der Waals surface area (Å²) in [6.45, 7) is 3.74. The van der Waals surface area contributed by atoms with Crippen molar-refractivity contribution in [1.82, 2.24) is 5.32 Å². The van der Waals surface area contributed by atoms with Gasteiger partial charge in [-0.3, -0.25) is 9.59 Å². The highest BCUT2D eigenvalue weighted by molar-refractivity contribution is 6.31. The second kappa shape index (κ2) is 9.90. The lowest BCUT2D eigenvalue weighted by molar-refractivity contribution is -0.143. The van der Waals surface area contributed by atoms with Crippen molar-refractivity contribution in [2.45, 2.75) is 32.2 Å². The molecule has 2 rings (SSSR count). The summed E-state index contributed by atoms with van der Waals surface area (Å²) in [7, 11) is 0. The smallest absolute Gasteiger partial charge is 0.312 e. The molecule has 0 bridgehead atoms. The number of primary amides is 1. The van der Waals surface area contributed by atoms with E-state index in [-0.39, 0.29) is 18.8 Å². The van der Waals surface area contributed by atoms with Crippen molar-refractivity contribution in [1.29, 1.82) is 0 Å². The SMILES string of the molecule is CC(C)c1ccc(C(=O)COC(=O)CC(NC(N)=O)c2ccccc2Cl)cc1. The third-order valence-corrected chi connectivity index (χ3v) is 4.58. The summed E-state index contributed by atoms with van der Waals surface area (Å²) >= 11 is 6.13. The lowest BCUT2D eigenvalue weighted by Gasteiger charge is -2.18. The number of nitrogens with two attached hydrogens (primary N) is 1. The van der Waals surface area contributed by atoms with E-state index in [1.807, 2.05) is 12.1 Å². The average molecular weight is 403 g/mol. The molecule has 3 N–H and O–H groups in total. The molecule has 0 saturated carbocycles. The summed E-state index contributed by atoms with van der Waals surface area (Å²) in [5.41, 5.74) is 7.31. The Kier molecular flexibility index (Phi) is 7.58. The maximum atomic E-state index is 12.2. The van der Waals surface area contributed by atoms with Crippen molar-refractivity contribution in [2.75, 3.05) is 6.61 Å². The zero-order valence-electron chi connectivity index (χ0n) is 15.8. The number of ketones is 1. The molecule has 0 spiro atoms. The Labute approximate surface area is 169 Å². The van der Waals surface area contributed by atoms with Crippen molar-refractivity contribution in [2.24, 2.45) is 5.73 Å². The van der Waals surface area contributed by atoms with Crippen LogP contribution < -0.4 is 11.1 Å². The van der Waals surface area contributed by atoms with E-state index in [2.05, 4.69) is 19.2 Å². The van der Waals surface area contributed by atoms with Gasteiger partial charge < -0.3 is 15.8 Å². The van der Waals surface area contributed by atoms with Crippen molar-refractivity contribution in [3.8, 4) is 0 Å². The number of benzene rings is 2. The van der Waals surface area contributed by atoms with Gasteiger partial charge in [-0.15, -0.1) is 0 Å². The average Bonchev–Trinajstić information content (AvgIpc) is 2.65. The van der Waals surface area contributed by atoms with Gasteiger partial charge in [0.25, 0.3) is 0 Å². The number of carbonyl (C=O) groups is 3. The fourth-order valence-electron chi connectivity index (χ4n) is 2.68. The van der Waals surface area contributed by atoms with Gasteiger partial charge in [0.2, 0.25) is 0 Å². The van der Waals surface area contributed by atoms with Crippen LogP contribution in [0.2, 0.25) is 5.02 Å². The van der Waals surface area contributed by atoms with Crippen molar-refractivity contribution < 1.29 is 19.1 Å². The van der Waals surface area contributed by atoms with Crippen LogP contribution in [0.25, 0.3) is 0 Å². The number of halogens is 1. The normalized spacial score (nSPS) is 11.7. The minimum absolute atomic E-state index is 0.202. The first-order chi connectivity index (χ1) is 13.3. The number of esters is 1. The summed E-state index contributed by atoms with van der Waals surface area (Å²) in [6.07, 6.45) is -0.202. The number of hydrogen-bond acceptors (Lipinski definition) is 4. The summed E-state index contributed by atoms with van der Waals surface area (Å²) in [5.74, 6) is -0.590. The van der Waals surface area contributed by atoms with E-state index < -0.39 is 18.0 Å². The Bertz CT molecular complexity index is 850. The molecule has 0 aliphatic carbocycles. The first-order valence-electron chi connectivity index (χ1n) is 8.87. The Morgan fingerprint density at radius 3 is 2.29 bits per heavy atom. The van der Waals surface area contributed by atoms with Crippen LogP contribution >= 0.6 is 11.6 Å². The Morgan fingerprint density at radius 1 is 1.07 bits per heavy atom. The molecular formula is C21H23ClN2O4. The Balaban J connectivity index is 1.97. The summed E-state index contributed by atoms with van der Waals surface area (Å²) in [5, 5.41) is 2.86. The molecule has 1 unspecified atom stereocenters. The van der Waals surface area contributed by atoms with E-state index in [1.165, 1.54) is 0 Å². The van der Waals surface area contributed by atoms with Crippen LogP contribution in [0, 0.1) is 0 Å². The molecule has 0 fully saturated rings. The number of carbonyl (C=O) groups excluding carboxylic acids is 3. The number of rotatable bonds is 8. The van der Waals surface area contributed by atoms with Crippen LogP contribution in [0.5, 0.6) is 0 Å². The van der Waals surface area contributed by atoms with E-state index in [0.717, 1.165) is 5.56 Å². The molecule has 0 saturated heterocycles. The van der Waals surface area contributed by atoms with Crippen molar-refractivity contribution >= 4 is 29.4 Å². The highest BCUT2D eigenvalue weighted by Crippen LogP contribution is 2.25. The maximum absolute atomic E-state index is 12.2. The number of hydrogen-bond donors (Lipinski definition) is 2. The topological polar surface area (TPSA) is 98.5 Å². The van der Waals surface area contributed by atoms with Crippen molar-refractivity contribution in [3.05, 3.63) is 70.2 Å². The first kappa shape index (κ1) is 21.4. The van der Waals surface area contributed by atoms with Gasteiger partial charge in [0.05, 0.1) is 12.5 Å². The minimum Gasteiger partial charge on any atom is -0.457 e. The van der Waals surface area contributed by atoms with Gasteiger partial charge in [0.15, 0.2) is 12.4 Å². The number of Topliss-reactive ketones (excluding diaryl/α,β-unsaturated/α-hetero) is 1. The van der Waals surface area contributed by atoms with Gasteiger partial charge in [-0.1, -0.05) is 67.9 Å². The lowest BCUT2D eigenvalue weighted by Crippen LogP contribution is -2.35. The molecule has 2 aromatic carbocycles. The zero-order chi connectivity index (χ0) is 20.7. The summed E-state index contributed by atoms with van der Waals surface area (Å²) in [6, 6.07) is 12.4. The van der Waals surface area contributed by atoms with Gasteiger partial charge in [-0.25, -0.2) is 4.79 Å². The molecule has 2 aromatic rings. The molecule has 148 valence electrons. The predicted octanol–water partition coefficient (Wildman–Crippen LogP) is 3.99. The third kappa shape index (κ3) is 6.09. The Hall–Kier alpha value is -2.86. The highest BCUT2D eigenvalue weighted by Gasteiger charge is 2.21. The molecule has 28 heavy (non-hydrogen) atoms.